The van der Waals surface area contributed by atoms with Gasteiger partial charge in [0.25, 0.3) is 0 Å². The van der Waals surface area contributed by atoms with Gasteiger partial charge in [-0.05, 0) is 24.3 Å². The molecule has 0 unspecified atom stereocenters. The Hall–Kier alpha value is -1.97. The quantitative estimate of drug-likeness (QED) is 0.809. The van der Waals surface area contributed by atoms with Crippen molar-refractivity contribution >= 4 is 21.6 Å². The number of para-hydroxylation sites is 1. The number of halogens is 4. The first-order valence-electron chi connectivity index (χ1n) is 6.79. The maximum atomic E-state index is 12.4. The maximum Gasteiger partial charge on any atom is 0.573 e. The molecule has 10 heteroatoms. The van der Waals surface area contributed by atoms with E-state index in [1.165, 1.54) is 43.5 Å². The summed E-state index contributed by atoms with van der Waals surface area (Å²) in [5.74, 6) is -0.438. The molecule has 0 aromatic heterocycles. The monoisotopic (exact) mass is 395 g/mol. The number of hydrogen-bond acceptors (Lipinski definition) is 4. The Morgan fingerprint density at radius 1 is 1.12 bits per heavy atom. The average Bonchev–Trinajstić information content (AvgIpc) is 2.52. The molecule has 0 amide bonds. The van der Waals surface area contributed by atoms with E-state index in [0.29, 0.717) is 0 Å². The minimum absolute atomic E-state index is 0.0180. The number of alkyl halides is 3. The summed E-state index contributed by atoms with van der Waals surface area (Å²) in [6.07, 6.45) is -4.88. The number of methoxy groups -OCH3 is 1. The summed E-state index contributed by atoms with van der Waals surface area (Å²) in [6.45, 7) is -0.412. The van der Waals surface area contributed by atoms with Crippen LogP contribution in [0.4, 0.5) is 13.2 Å². The Morgan fingerprint density at radius 3 is 2.44 bits per heavy atom. The van der Waals surface area contributed by atoms with E-state index in [1.54, 1.807) is 0 Å². The summed E-state index contributed by atoms with van der Waals surface area (Å²) in [5, 5.41) is 0.168. The standard InChI is InChI=1S/C15H13ClF3NO4S/c1-23-13-7-6-11(16)8-14(13)25(21,22)20-9-10-4-2-3-5-12(10)24-15(17,18)19/h2-8,20H,9H2,1H3. The molecule has 0 aliphatic carbocycles. The second-order valence-corrected chi connectivity index (χ2v) is 6.95. The molecule has 0 heterocycles. The Kier molecular flexibility index (Phi) is 5.81. The Balaban J connectivity index is 2.26. The van der Waals surface area contributed by atoms with Crippen molar-refractivity contribution in [2.24, 2.45) is 0 Å². The van der Waals surface area contributed by atoms with Gasteiger partial charge in [-0.15, -0.1) is 13.2 Å². The van der Waals surface area contributed by atoms with Gasteiger partial charge < -0.3 is 9.47 Å². The van der Waals surface area contributed by atoms with E-state index >= 15 is 0 Å². The third-order valence-electron chi connectivity index (χ3n) is 3.07. The van der Waals surface area contributed by atoms with E-state index < -0.39 is 28.7 Å². The third kappa shape index (κ3) is 5.25. The van der Waals surface area contributed by atoms with Gasteiger partial charge in [0.15, 0.2) is 0 Å². The van der Waals surface area contributed by atoms with Gasteiger partial charge in [0.1, 0.15) is 16.4 Å². The lowest BCUT2D eigenvalue weighted by Gasteiger charge is -2.14. The smallest absolute Gasteiger partial charge is 0.495 e. The van der Waals surface area contributed by atoms with Crippen LogP contribution in [-0.4, -0.2) is 21.9 Å². The van der Waals surface area contributed by atoms with Gasteiger partial charge in [-0.2, -0.15) is 0 Å². The van der Waals surface area contributed by atoms with Crippen LogP contribution < -0.4 is 14.2 Å². The van der Waals surface area contributed by atoms with Crippen molar-refractivity contribution < 1.29 is 31.1 Å². The Bertz CT molecular complexity index is 856. The topological polar surface area (TPSA) is 64.6 Å². The van der Waals surface area contributed by atoms with Crippen molar-refractivity contribution in [3.63, 3.8) is 0 Å². The lowest BCUT2D eigenvalue weighted by Crippen LogP contribution is -2.25. The van der Waals surface area contributed by atoms with Crippen LogP contribution in [0.3, 0.4) is 0 Å². The molecule has 136 valence electrons. The second-order valence-electron chi connectivity index (χ2n) is 4.78. The molecule has 2 aromatic carbocycles. The van der Waals surface area contributed by atoms with E-state index in [0.717, 1.165) is 6.07 Å². The van der Waals surface area contributed by atoms with Gasteiger partial charge >= 0.3 is 6.36 Å². The van der Waals surface area contributed by atoms with Gasteiger partial charge in [0.05, 0.1) is 7.11 Å². The lowest BCUT2D eigenvalue weighted by atomic mass is 10.2. The summed E-state index contributed by atoms with van der Waals surface area (Å²) in [7, 11) is -2.79. The highest BCUT2D eigenvalue weighted by atomic mass is 35.5. The fourth-order valence-corrected chi connectivity index (χ4v) is 3.42. The van der Waals surface area contributed by atoms with Crippen molar-refractivity contribution in [2.45, 2.75) is 17.8 Å². The number of rotatable bonds is 6. The average molecular weight is 396 g/mol. The van der Waals surface area contributed by atoms with Crippen molar-refractivity contribution in [3.8, 4) is 11.5 Å². The molecule has 2 rings (SSSR count). The Labute approximate surface area is 147 Å². The van der Waals surface area contributed by atoms with Gasteiger partial charge in [-0.25, -0.2) is 13.1 Å². The van der Waals surface area contributed by atoms with Crippen LogP contribution in [0, 0.1) is 0 Å². The fraction of sp³-hybridized carbons (Fsp3) is 0.200. The first-order valence-corrected chi connectivity index (χ1v) is 8.65. The lowest BCUT2D eigenvalue weighted by molar-refractivity contribution is -0.274. The first kappa shape index (κ1) is 19.4. The SMILES string of the molecule is COc1ccc(Cl)cc1S(=O)(=O)NCc1ccccc1OC(F)(F)F. The fourth-order valence-electron chi connectivity index (χ4n) is 1.99. The number of hydrogen-bond donors (Lipinski definition) is 1. The van der Waals surface area contributed by atoms with Gasteiger partial charge in [-0.3, -0.25) is 0 Å². The minimum Gasteiger partial charge on any atom is -0.495 e. The van der Waals surface area contributed by atoms with Crippen LogP contribution in [0.25, 0.3) is 0 Å². The van der Waals surface area contributed by atoms with Crippen molar-refractivity contribution in [1.82, 2.24) is 4.72 Å². The zero-order valence-corrected chi connectivity index (χ0v) is 14.4. The predicted molar refractivity (Wildman–Crippen MR) is 85.2 cm³/mol. The molecule has 0 saturated carbocycles. The first-order chi connectivity index (χ1) is 11.6. The number of sulfonamides is 1. The molecular formula is C15H13ClF3NO4S. The highest BCUT2D eigenvalue weighted by molar-refractivity contribution is 7.89. The van der Waals surface area contributed by atoms with E-state index in [2.05, 4.69) is 9.46 Å². The summed E-state index contributed by atoms with van der Waals surface area (Å²) in [5.41, 5.74) is 0.0180. The van der Waals surface area contributed by atoms with Crippen LogP contribution in [0.1, 0.15) is 5.56 Å². The van der Waals surface area contributed by atoms with Crippen molar-refractivity contribution in [2.75, 3.05) is 7.11 Å². The molecule has 0 aliphatic heterocycles. The molecule has 0 spiro atoms. The third-order valence-corrected chi connectivity index (χ3v) is 4.72. The highest BCUT2D eigenvalue weighted by Gasteiger charge is 2.32. The largest absolute Gasteiger partial charge is 0.573 e. The molecule has 0 radical (unpaired) electrons. The van der Waals surface area contributed by atoms with Crippen LogP contribution in [0.5, 0.6) is 11.5 Å². The molecule has 0 atom stereocenters. The molecule has 0 aliphatic rings. The molecule has 1 N–H and O–H groups in total. The molecular weight excluding hydrogens is 383 g/mol. The van der Waals surface area contributed by atoms with Crippen molar-refractivity contribution in [3.05, 3.63) is 53.1 Å². The Morgan fingerprint density at radius 2 is 1.80 bits per heavy atom. The molecule has 25 heavy (non-hydrogen) atoms. The van der Waals surface area contributed by atoms with Gasteiger partial charge in [-0.1, -0.05) is 29.8 Å². The molecule has 5 nitrogen and oxygen atoms in total. The highest BCUT2D eigenvalue weighted by Crippen LogP contribution is 2.29. The molecule has 0 bridgehead atoms. The zero-order valence-electron chi connectivity index (χ0n) is 12.8. The molecule has 0 saturated heterocycles. The van der Waals surface area contributed by atoms with E-state index in [9.17, 15) is 21.6 Å². The van der Waals surface area contributed by atoms with Crippen LogP contribution in [-0.2, 0) is 16.6 Å². The van der Waals surface area contributed by atoms with E-state index in [-0.39, 0.29) is 21.2 Å². The minimum atomic E-state index is -4.88. The van der Waals surface area contributed by atoms with Gasteiger partial charge in [0.2, 0.25) is 10.0 Å². The summed E-state index contributed by atoms with van der Waals surface area (Å²) in [4.78, 5) is -0.225. The zero-order chi connectivity index (χ0) is 18.7. The maximum absolute atomic E-state index is 12.4. The molecule has 0 fully saturated rings. The van der Waals surface area contributed by atoms with Crippen LogP contribution in [0.2, 0.25) is 5.02 Å². The summed E-state index contributed by atoms with van der Waals surface area (Å²) in [6, 6.07) is 9.23. The number of nitrogens with one attached hydrogen (secondary N) is 1. The predicted octanol–water partition coefficient (Wildman–Crippen LogP) is 3.73. The second kappa shape index (κ2) is 7.51. The molecule has 2 aromatic rings. The number of benzene rings is 2. The summed E-state index contributed by atoms with van der Waals surface area (Å²) < 4.78 is 73.1. The van der Waals surface area contributed by atoms with Crippen LogP contribution >= 0.6 is 11.6 Å². The van der Waals surface area contributed by atoms with E-state index in [1.807, 2.05) is 0 Å². The van der Waals surface area contributed by atoms with Crippen LogP contribution in [0.15, 0.2) is 47.4 Å². The van der Waals surface area contributed by atoms with Gasteiger partial charge in [0, 0.05) is 17.1 Å². The van der Waals surface area contributed by atoms with Crippen molar-refractivity contribution in [1.29, 1.82) is 0 Å². The number of ether oxygens (including phenoxy) is 2. The summed E-state index contributed by atoms with van der Waals surface area (Å²) >= 11 is 5.80. The normalized spacial score (nSPS) is 12.0. The van der Waals surface area contributed by atoms with E-state index in [4.69, 9.17) is 16.3 Å².